The highest BCUT2D eigenvalue weighted by Gasteiger charge is 2.34. The fourth-order valence-corrected chi connectivity index (χ4v) is 2.37. The lowest BCUT2D eigenvalue weighted by molar-refractivity contribution is 0.543. The number of likely N-dealkylation sites (N-methyl/N-ethyl adjacent to an activating group) is 1. The van der Waals surface area contributed by atoms with Gasteiger partial charge in [0, 0.05) is 38.1 Å². The fourth-order valence-electron chi connectivity index (χ4n) is 2.37. The molecule has 18 heavy (non-hydrogen) atoms. The molecule has 1 atom stereocenters. The Kier molecular flexibility index (Phi) is 3.71. The van der Waals surface area contributed by atoms with Crippen LogP contribution in [0.5, 0.6) is 0 Å². The summed E-state index contributed by atoms with van der Waals surface area (Å²) in [7, 11) is 1.92. The van der Waals surface area contributed by atoms with Crippen molar-refractivity contribution in [2.24, 2.45) is 11.7 Å². The van der Waals surface area contributed by atoms with Gasteiger partial charge in [-0.25, -0.2) is 4.98 Å². The van der Waals surface area contributed by atoms with Crippen molar-refractivity contribution >= 4 is 5.82 Å². The van der Waals surface area contributed by atoms with E-state index in [0.29, 0.717) is 18.3 Å². The van der Waals surface area contributed by atoms with E-state index >= 15 is 0 Å². The second-order valence-electron chi connectivity index (χ2n) is 5.31. The van der Waals surface area contributed by atoms with E-state index in [1.807, 2.05) is 25.8 Å². The molecule has 1 aliphatic carbocycles. The van der Waals surface area contributed by atoms with E-state index < -0.39 is 0 Å². The van der Waals surface area contributed by atoms with E-state index in [2.05, 4.69) is 4.98 Å². The lowest BCUT2D eigenvalue weighted by Crippen LogP contribution is -2.43. The third-order valence-electron chi connectivity index (χ3n) is 3.65. The van der Waals surface area contributed by atoms with Crippen LogP contribution < -0.4 is 16.2 Å². The monoisotopic (exact) mass is 250 g/mol. The highest BCUT2D eigenvalue weighted by Crippen LogP contribution is 2.35. The Hall–Kier alpha value is -1.36. The summed E-state index contributed by atoms with van der Waals surface area (Å²) >= 11 is 0. The maximum absolute atomic E-state index is 12.3. The number of nitrogens with zero attached hydrogens (tertiary/aromatic N) is 3. The molecule has 1 heterocycles. The Bertz CT molecular complexity index is 464. The van der Waals surface area contributed by atoms with Crippen LogP contribution >= 0.6 is 0 Å². The molecule has 5 heteroatoms. The highest BCUT2D eigenvalue weighted by molar-refractivity contribution is 5.37. The molecule has 1 fully saturated rings. The molecular formula is C13H22N4O. The number of aromatic nitrogens is 2. The van der Waals surface area contributed by atoms with Gasteiger partial charge in [-0.05, 0) is 32.6 Å². The quantitative estimate of drug-likeness (QED) is 0.846. The van der Waals surface area contributed by atoms with E-state index in [1.165, 1.54) is 12.8 Å². The maximum Gasteiger partial charge on any atom is 0.293 e. The second kappa shape index (κ2) is 5.10. The predicted octanol–water partition coefficient (Wildman–Crippen LogP) is 0.998. The molecule has 0 radical (unpaired) electrons. The van der Waals surface area contributed by atoms with Gasteiger partial charge in [0.15, 0.2) is 5.82 Å². The minimum atomic E-state index is -0.0332. The van der Waals surface area contributed by atoms with Gasteiger partial charge in [-0.15, -0.1) is 0 Å². The van der Waals surface area contributed by atoms with E-state index in [1.54, 1.807) is 17.0 Å². The molecule has 1 aliphatic rings. The first kappa shape index (κ1) is 13.1. The lowest BCUT2D eigenvalue weighted by atomic mass is 10.1. The zero-order valence-corrected chi connectivity index (χ0v) is 11.3. The minimum Gasteiger partial charge on any atom is -0.351 e. The van der Waals surface area contributed by atoms with Crippen LogP contribution in [-0.2, 0) is 0 Å². The van der Waals surface area contributed by atoms with Gasteiger partial charge < -0.3 is 15.2 Å². The van der Waals surface area contributed by atoms with Crippen LogP contribution in [0.3, 0.4) is 0 Å². The number of nitrogens with two attached hydrogens (primary N) is 1. The molecule has 1 aromatic heterocycles. The fraction of sp³-hybridized carbons (Fsp3) is 0.692. The van der Waals surface area contributed by atoms with E-state index in [-0.39, 0.29) is 17.6 Å². The molecule has 2 N–H and O–H groups in total. The van der Waals surface area contributed by atoms with Crippen molar-refractivity contribution in [1.82, 2.24) is 9.55 Å². The van der Waals surface area contributed by atoms with Crippen molar-refractivity contribution < 1.29 is 0 Å². The summed E-state index contributed by atoms with van der Waals surface area (Å²) in [6.07, 6.45) is 5.83. The highest BCUT2D eigenvalue weighted by atomic mass is 16.1. The summed E-state index contributed by atoms with van der Waals surface area (Å²) in [5, 5.41) is 0. The van der Waals surface area contributed by atoms with Crippen LogP contribution in [0.15, 0.2) is 17.2 Å². The number of rotatable bonds is 5. The maximum atomic E-state index is 12.3. The molecule has 1 unspecified atom stereocenters. The number of anilines is 1. The van der Waals surface area contributed by atoms with Gasteiger partial charge in [-0.1, -0.05) is 0 Å². The molecular weight excluding hydrogens is 228 g/mol. The Morgan fingerprint density at radius 1 is 1.56 bits per heavy atom. The second-order valence-corrected chi connectivity index (χ2v) is 5.31. The van der Waals surface area contributed by atoms with Crippen LogP contribution in [0.4, 0.5) is 5.82 Å². The minimum absolute atomic E-state index is 0.0332. The van der Waals surface area contributed by atoms with Crippen molar-refractivity contribution in [3.63, 3.8) is 0 Å². The SMILES string of the molecule is CC(C)n1ccnc(N(C)C(CN)C2CC2)c1=O. The Balaban J connectivity index is 2.32. The molecule has 0 spiro atoms. The van der Waals surface area contributed by atoms with Gasteiger partial charge in [0.25, 0.3) is 5.56 Å². The summed E-state index contributed by atoms with van der Waals surface area (Å²) in [6, 6.07) is 0.373. The van der Waals surface area contributed by atoms with Crippen LogP contribution in [-0.4, -0.2) is 29.2 Å². The van der Waals surface area contributed by atoms with E-state index in [4.69, 9.17) is 5.73 Å². The van der Waals surface area contributed by atoms with Crippen LogP contribution in [0.1, 0.15) is 32.7 Å². The molecule has 0 aromatic carbocycles. The normalized spacial score (nSPS) is 16.9. The zero-order valence-electron chi connectivity index (χ0n) is 11.3. The summed E-state index contributed by atoms with van der Waals surface area (Å²) in [4.78, 5) is 18.5. The van der Waals surface area contributed by atoms with Crippen molar-refractivity contribution in [1.29, 1.82) is 0 Å². The topological polar surface area (TPSA) is 64.2 Å². The zero-order chi connectivity index (χ0) is 13.3. The van der Waals surface area contributed by atoms with Gasteiger partial charge in [-0.2, -0.15) is 0 Å². The molecule has 100 valence electrons. The van der Waals surface area contributed by atoms with Gasteiger partial charge in [-0.3, -0.25) is 4.79 Å². The van der Waals surface area contributed by atoms with E-state index in [0.717, 1.165) is 0 Å². The number of hydrogen-bond acceptors (Lipinski definition) is 4. The van der Waals surface area contributed by atoms with Crippen LogP contribution in [0.25, 0.3) is 0 Å². The Labute approximate surface area is 108 Å². The van der Waals surface area contributed by atoms with Gasteiger partial charge >= 0.3 is 0 Å². The third-order valence-corrected chi connectivity index (χ3v) is 3.65. The molecule has 0 amide bonds. The van der Waals surface area contributed by atoms with E-state index in [9.17, 15) is 4.79 Å². The van der Waals surface area contributed by atoms with Crippen molar-refractivity contribution in [3.8, 4) is 0 Å². The summed E-state index contributed by atoms with van der Waals surface area (Å²) < 4.78 is 1.71. The molecule has 0 aliphatic heterocycles. The average Bonchev–Trinajstić information content (AvgIpc) is 3.14. The first-order valence-electron chi connectivity index (χ1n) is 6.56. The standard InChI is InChI=1S/C13H22N4O/c1-9(2)17-7-6-15-12(13(17)18)16(3)11(8-14)10-4-5-10/h6-7,9-11H,4-5,8,14H2,1-3H3. The molecule has 1 aromatic rings. The van der Waals surface area contributed by atoms with Crippen molar-refractivity contribution in [2.45, 2.75) is 38.8 Å². The largest absolute Gasteiger partial charge is 0.351 e. The van der Waals surface area contributed by atoms with Crippen LogP contribution in [0.2, 0.25) is 0 Å². The smallest absolute Gasteiger partial charge is 0.293 e. The van der Waals surface area contributed by atoms with Crippen LogP contribution in [0, 0.1) is 5.92 Å². The van der Waals surface area contributed by atoms with Gasteiger partial charge in [0.05, 0.1) is 0 Å². The summed E-state index contributed by atoms with van der Waals surface area (Å²) in [5.41, 5.74) is 5.79. The van der Waals surface area contributed by atoms with Crippen molar-refractivity contribution in [2.75, 3.05) is 18.5 Å². The first-order valence-corrected chi connectivity index (χ1v) is 6.56. The molecule has 2 rings (SSSR count). The average molecular weight is 250 g/mol. The molecule has 0 saturated heterocycles. The predicted molar refractivity (Wildman–Crippen MR) is 72.9 cm³/mol. The molecule has 5 nitrogen and oxygen atoms in total. The first-order chi connectivity index (χ1) is 8.56. The Morgan fingerprint density at radius 2 is 2.22 bits per heavy atom. The number of hydrogen-bond donors (Lipinski definition) is 1. The van der Waals surface area contributed by atoms with Gasteiger partial charge in [0.1, 0.15) is 0 Å². The molecule has 1 saturated carbocycles. The molecule has 0 bridgehead atoms. The van der Waals surface area contributed by atoms with Crippen molar-refractivity contribution in [3.05, 3.63) is 22.7 Å². The lowest BCUT2D eigenvalue weighted by Gasteiger charge is -2.28. The summed E-state index contributed by atoms with van der Waals surface area (Å²) in [6.45, 7) is 4.55. The summed E-state index contributed by atoms with van der Waals surface area (Å²) in [5.74, 6) is 1.13. The van der Waals surface area contributed by atoms with Gasteiger partial charge in [0.2, 0.25) is 0 Å². The Morgan fingerprint density at radius 3 is 2.72 bits per heavy atom. The third kappa shape index (κ3) is 2.41.